The average Bonchev–Trinajstić information content (AvgIpc) is 2.92. The molecule has 1 saturated carbocycles. The lowest BCUT2D eigenvalue weighted by Crippen LogP contribution is -2.08. The molecular formula is C11H14BrClO2S. The van der Waals surface area contributed by atoms with Crippen molar-refractivity contribution in [3.8, 4) is 0 Å². The third-order valence-corrected chi connectivity index (χ3v) is 5.52. The van der Waals surface area contributed by atoms with Gasteiger partial charge < -0.3 is 0 Å². The van der Waals surface area contributed by atoms with E-state index in [4.69, 9.17) is 11.6 Å². The standard InChI is InChI=1S/C10H10BrClO2S.CH4/c11-9-4-3-8(5-10(9)12)15(13,14)6-7-1-2-7;/h3-5,7H,1-2,6H2;1H4. The minimum Gasteiger partial charge on any atom is -0.224 e. The average molecular weight is 326 g/mol. The lowest BCUT2D eigenvalue weighted by molar-refractivity contribution is 0.592. The van der Waals surface area contributed by atoms with Crippen LogP contribution >= 0.6 is 27.5 Å². The van der Waals surface area contributed by atoms with Gasteiger partial charge in [-0.1, -0.05) is 19.0 Å². The first-order chi connectivity index (χ1) is 6.99. The summed E-state index contributed by atoms with van der Waals surface area (Å²) in [5.41, 5.74) is 0. The Kier molecular flexibility index (Phi) is 4.43. The van der Waals surface area contributed by atoms with Crippen molar-refractivity contribution in [3.63, 3.8) is 0 Å². The zero-order valence-electron chi connectivity index (χ0n) is 7.91. The van der Waals surface area contributed by atoms with E-state index >= 15 is 0 Å². The predicted octanol–water partition coefficient (Wildman–Crippen LogP) is 3.92. The number of sulfone groups is 1. The normalized spacial score (nSPS) is 15.6. The third kappa shape index (κ3) is 3.22. The van der Waals surface area contributed by atoms with Gasteiger partial charge in [0.15, 0.2) is 9.84 Å². The van der Waals surface area contributed by atoms with E-state index in [-0.39, 0.29) is 13.2 Å². The van der Waals surface area contributed by atoms with Gasteiger partial charge in [-0.25, -0.2) is 8.42 Å². The summed E-state index contributed by atoms with van der Waals surface area (Å²) in [5.74, 6) is 0.614. The second-order valence-corrected chi connectivity index (χ2v) is 7.10. The van der Waals surface area contributed by atoms with E-state index in [9.17, 15) is 8.42 Å². The van der Waals surface area contributed by atoms with E-state index in [0.717, 1.165) is 17.3 Å². The highest BCUT2D eigenvalue weighted by Crippen LogP contribution is 2.33. The smallest absolute Gasteiger partial charge is 0.178 e. The molecule has 1 fully saturated rings. The van der Waals surface area contributed by atoms with Gasteiger partial charge in [-0.15, -0.1) is 0 Å². The van der Waals surface area contributed by atoms with E-state index in [1.54, 1.807) is 12.1 Å². The van der Waals surface area contributed by atoms with Crippen LogP contribution in [-0.4, -0.2) is 14.2 Å². The molecular weight excluding hydrogens is 312 g/mol. The zero-order valence-corrected chi connectivity index (χ0v) is 11.1. The quantitative estimate of drug-likeness (QED) is 0.844. The zero-order chi connectivity index (χ0) is 11.1. The molecule has 0 heterocycles. The van der Waals surface area contributed by atoms with Crippen molar-refractivity contribution in [3.05, 3.63) is 27.7 Å². The first-order valence-electron chi connectivity index (χ1n) is 4.67. The Hall–Kier alpha value is -0.0600. The molecule has 2 nitrogen and oxygen atoms in total. The molecule has 1 aliphatic carbocycles. The largest absolute Gasteiger partial charge is 0.224 e. The molecule has 1 aromatic rings. The summed E-state index contributed by atoms with van der Waals surface area (Å²) in [6.07, 6.45) is 2.06. The SMILES string of the molecule is C.O=S(=O)(CC1CC1)c1ccc(Br)c(Cl)c1. The van der Waals surface area contributed by atoms with Gasteiger partial charge in [0.2, 0.25) is 0 Å². The molecule has 0 aromatic heterocycles. The summed E-state index contributed by atoms with van der Waals surface area (Å²) in [4.78, 5) is 0.322. The van der Waals surface area contributed by atoms with Gasteiger partial charge in [0.1, 0.15) is 0 Å². The number of hydrogen-bond acceptors (Lipinski definition) is 2. The maximum absolute atomic E-state index is 11.9. The summed E-state index contributed by atoms with van der Waals surface area (Å²) in [5, 5.41) is 0.437. The van der Waals surface area contributed by atoms with Crippen LogP contribution in [0.25, 0.3) is 0 Å². The molecule has 2 rings (SSSR count). The molecule has 0 saturated heterocycles. The van der Waals surface area contributed by atoms with Crippen LogP contribution in [0.5, 0.6) is 0 Å². The van der Waals surface area contributed by atoms with Gasteiger partial charge in [0, 0.05) is 4.47 Å². The second kappa shape index (κ2) is 5.07. The van der Waals surface area contributed by atoms with Crippen molar-refractivity contribution >= 4 is 37.4 Å². The molecule has 90 valence electrons. The number of hydrogen-bond donors (Lipinski definition) is 0. The van der Waals surface area contributed by atoms with Crippen molar-refractivity contribution in [1.82, 2.24) is 0 Å². The van der Waals surface area contributed by atoms with Crippen molar-refractivity contribution in [2.75, 3.05) is 5.75 Å². The van der Waals surface area contributed by atoms with E-state index in [1.165, 1.54) is 6.07 Å². The summed E-state index contributed by atoms with van der Waals surface area (Å²) < 4.78 is 24.5. The molecule has 5 heteroatoms. The molecule has 0 spiro atoms. The van der Waals surface area contributed by atoms with Crippen LogP contribution < -0.4 is 0 Å². The first-order valence-corrected chi connectivity index (χ1v) is 7.49. The van der Waals surface area contributed by atoms with Crippen LogP contribution in [0.3, 0.4) is 0 Å². The van der Waals surface area contributed by atoms with E-state index < -0.39 is 9.84 Å². The maximum atomic E-state index is 11.9. The van der Waals surface area contributed by atoms with E-state index in [2.05, 4.69) is 15.9 Å². The Morgan fingerprint density at radius 2 is 2.00 bits per heavy atom. The first kappa shape index (κ1) is 14.0. The monoisotopic (exact) mass is 324 g/mol. The van der Waals surface area contributed by atoms with Crippen LogP contribution in [0.2, 0.25) is 5.02 Å². The van der Waals surface area contributed by atoms with Gasteiger partial charge in [-0.05, 0) is 52.9 Å². The van der Waals surface area contributed by atoms with Crippen molar-refractivity contribution in [1.29, 1.82) is 0 Å². The predicted molar refractivity (Wildman–Crippen MR) is 70.7 cm³/mol. The molecule has 0 amide bonds. The molecule has 0 bridgehead atoms. The molecule has 0 radical (unpaired) electrons. The minimum atomic E-state index is -3.14. The van der Waals surface area contributed by atoms with Gasteiger partial charge in [-0.2, -0.15) is 0 Å². The summed E-state index contributed by atoms with van der Waals surface area (Å²) in [6, 6.07) is 4.76. The second-order valence-electron chi connectivity index (χ2n) is 3.80. The summed E-state index contributed by atoms with van der Waals surface area (Å²) >= 11 is 9.09. The Balaban J connectivity index is 0.00000128. The van der Waals surface area contributed by atoms with Gasteiger partial charge in [0.05, 0.1) is 15.7 Å². The topological polar surface area (TPSA) is 34.1 Å². The molecule has 0 unspecified atom stereocenters. The van der Waals surface area contributed by atoms with Gasteiger partial charge in [0.25, 0.3) is 0 Å². The molecule has 0 atom stereocenters. The minimum absolute atomic E-state index is 0. The van der Waals surface area contributed by atoms with Crippen molar-refractivity contribution in [2.45, 2.75) is 25.2 Å². The highest BCUT2D eigenvalue weighted by Gasteiger charge is 2.29. The van der Waals surface area contributed by atoms with Crippen molar-refractivity contribution in [2.24, 2.45) is 5.92 Å². The third-order valence-electron chi connectivity index (χ3n) is 2.40. The lowest BCUT2D eigenvalue weighted by atomic mass is 10.4. The van der Waals surface area contributed by atoms with E-state index in [1.807, 2.05) is 0 Å². The highest BCUT2D eigenvalue weighted by molar-refractivity contribution is 9.10. The Bertz CT molecular complexity index is 481. The fourth-order valence-corrected chi connectivity index (χ4v) is 3.57. The fraction of sp³-hybridized carbons (Fsp3) is 0.455. The summed E-state index contributed by atoms with van der Waals surface area (Å²) in [6.45, 7) is 0. The van der Waals surface area contributed by atoms with Gasteiger partial charge >= 0.3 is 0 Å². The molecule has 0 N–H and O–H groups in total. The van der Waals surface area contributed by atoms with E-state index in [0.29, 0.717) is 15.8 Å². The Morgan fingerprint density at radius 3 is 2.50 bits per heavy atom. The van der Waals surface area contributed by atoms with Crippen LogP contribution in [-0.2, 0) is 9.84 Å². The molecule has 16 heavy (non-hydrogen) atoms. The highest BCUT2D eigenvalue weighted by atomic mass is 79.9. The Morgan fingerprint density at radius 1 is 1.38 bits per heavy atom. The summed E-state index contributed by atoms with van der Waals surface area (Å²) in [7, 11) is -3.14. The van der Waals surface area contributed by atoms with Crippen LogP contribution in [0.15, 0.2) is 27.6 Å². The molecule has 1 aliphatic rings. The van der Waals surface area contributed by atoms with Crippen LogP contribution in [0.4, 0.5) is 0 Å². The van der Waals surface area contributed by atoms with Crippen LogP contribution in [0.1, 0.15) is 20.3 Å². The fourth-order valence-electron chi connectivity index (χ4n) is 1.36. The Labute approximate surface area is 110 Å². The number of halogens is 2. The maximum Gasteiger partial charge on any atom is 0.178 e. The lowest BCUT2D eigenvalue weighted by Gasteiger charge is -2.04. The van der Waals surface area contributed by atoms with Gasteiger partial charge in [-0.3, -0.25) is 0 Å². The molecule has 1 aromatic carbocycles. The number of benzene rings is 1. The van der Waals surface area contributed by atoms with Crippen molar-refractivity contribution < 1.29 is 8.42 Å². The van der Waals surface area contributed by atoms with Crippen LogP contribution in [0, 0.1) is 5.92 Å². The molecule has 0 aliphatic heterocycles. The number of rotatable bonds is 3.